The summed E-state index contributed by atoms with van der Waals surface area (Å²) in [5.41, 5.74) is 0. The average Bonchev–Trinajstić information content (AvgIpc) is 2.56. The lowest BCUT2D eigenvalue weighted by Gasteiger charge is -2.36. The van der Waals surface area contributed by atoms with Gasteiger partial charge in [0.15, 0.2) is 0 Å². The van der Waals surface area contributed by atoms with Crippen molar-refractivity contribution < 1.29 is 19.4 Å². The van der Waals surface area contributed by atoms with Gasteiger partial charge in [-0.15, -0.1) is 0 Å². The number of ether oxygens (including phenoxy) is 1. The Morgan fingerprint density at radius 1 is 1.13 bits per heavy atom. The summed E-state index contributed by atoms with van der Waals surface area (Å²) in [4.78, 5) is 23.3. The zero-order chi connectivity index (χ0) is 16.7. The van der Waals surface area contributed by atoms with Crippen LogP contribution < -0.4 is 10.6 Å². The SMILES string of the molecule is CC(=O)N[C@@H]1CC[C@@H](CCNC(=O)C2CCCCC2)O[C@@H]1CO. The van der Waals surface area contributed by atoms with E-state index in [-0.39, 0.29) is 42.6 Å². The Morgan fingerprint density at radius 2 is 1.87 bits per heavy atom. The van der Waals surface area contributed by atoms with Crippen LogP contribution in [0.3, 0.4) is 0 Å². The van der Waals surface area contributed by atoms with Gasteiger partial charge in [0, 0.05) is 19.4 Å². The van der Waals surface area contributed by atoms with Gasteiger partial charge in [-0.2, -0.15) is 0 Å². The number of carbonyl (C=O) groups is 2. The van der Waals surface area contributed by atoms with Gasteiger partial charge in [-0.25, -0.2) is 0 Å². The number of rotatable bonds is 6. The predicted molar refractivity (Wildman–Crippen MR) is 86.8 cm³/mol. The van der Waals surface area contributed by atoms with Gasteiger partial charge in [0.1, 0.15) is 6.10 Å². The van der Waals surface area contributed by atoms with E-state index in [2.05, 4.69) is 10.6 Å². The topological polar surface area (TPSA) is 87.7 Å². The minimum absolute atomic E-state index is 0.0313. The average molecular weight is 326 g/mol. The fourth-order valence-corrected chi connectivity index (χ4v) is 3.64. The molecule has 0 spiro atoms. The van der Waals surface area contributed by atoms with Crippen LogP contribution in [-0.2, 0) is 14.3 Å². The van der Waals surface area contributed by atoms with Crippen LogP contribution in [0.4, 0.5) is 0 Å². The normalized spacial score (nSPS) is 29.0. The monoisotopic (exact) mass is 326 g/mol. The lowest BCUT2D eigenvalue weighted by atomic mass is 9.88. The maximum atomic E-state index is 12.1. The van der Waals surface area contributed by atoms with Gasteiger partial charge in [-0.1, -0.05) is 19.3 Å². The van der Waals surface area contributed by atoms with Crippen molar-refractivity contribution in [1.82, 2.24) is 10.6 Å². The van der Waals surface area contributed by atoms with Gasteiger partial charge in [0.05, 0.1) is 18.8 Å². The van der Waals surface area contributed by atoms with Gasteiger partial charge in [-0.3, -0.25) is 9.59 Å². The molecular formula is C17H30N2O4. The van der Waals surface area contributed by atoms with Crippen LogP contribution in [0, 0.1) is 5.92 Å². The first-order valence-corrected chi connectivity index (χ1v) is 8.91. The summed E-state index contributed by atoms with van der Waals surface area (Å²) in [5, 5.41) is 15.3. The minimum Gasteiger partial charge on any atom is -0.394 e. The Kier molecular flexibility index (Phi) is 7.30. The maximum Gasteiger partial charge on any atom is 0.223 e. The molecule has 2 amide bonds. The highest BCUT2D eigenvalue weighted by molar-refractivity contribution is 5.78. The quantitative estimate of drug-likeness (QED) is 0.682. The molecule has 1 aliphatic heterocycles. The van der Waals surface area contributed by atoms with Crippen LogP contribution >= 0.6 is 0 Å². The van der Waals surface area contributed by atoms with E-state index in [4.69, 9.17) is 4.74 Å². The Morgan fingerprint density at radius 3 is 2.52 bits per heavy atom. The summed E-state index contributed by atoms with van der Waals surface area (Å²) < 4.78 is 5.86. The number of amides is 2. The van der Waals surface area contributed by atoms with E-state index >= 15 is 0 Å². The van der Waals surface area contributed by atoms with Gasteiger partial charge >= 0.3 is 0 Å². The second-order valence-electron chi connectivity index (χ2n) is 6.78. The summed E-state index contributed by atoms with van der Waals surface area (Å²) in [6.45, 7) is 1.99. The number of hydrogen-bond donors (Lipinski definition) is 3. The smallest absolute Gasteiger partial charge is 0.223 e. The molecule has 132 valence electrons. The molecule has 0 unspecified atom stereocenters. The van der Waals surface area contributed by atoms with Gasteiger partial charge in [-0.05, 0) is 32.1 Å². The third-order valence-electron chi connectivity index (χ3n) is 4.93. The number of nitrogens with one attached hydrogen (secondary N) is 2. The highest BCUT2D eigenvalue weighted by Crippen LogP contribution is 2.24. The van der Waals surface area contributed by atoms with Crippen molar-refractivity contribution in [2.45, 2.75) is 76.5 Å². The minimum atomic E-state index is -0.355. The molecule has 3 N–H and O–H groups in total. The largest absolute Gasteiger partial charge is 0.394 e. The van der Waals surface area contributed by atoms with Crippen LogP contribution in [0.1, 0.15) is 58.3 Å². The molecule has 0 radical (unpaired) electrons. The Bertz CT molecular complexity index is 396. The molecule has 6 heteroatoms. The molecule has 1 heterocycles. The van der Waals surface area contributed by atoms with Crippen LogP contribution in [-0.4, -0.2) is 48.3 Å². The summed E-state index contributed by atoms with van der Waals surface area (Å²) in [7, 11) is 0. The first-order valence-electron chi connectivity index (χ1n) is 8.91. The Balaban J connectivity index is 1.68. The van der Waals surface area contributed by atoms with Crippen molar-refractivity contribution >= 4 is 11.8 Å². The van der Waals surface area contributed by atoms with Crippen molar-refractivity contribution in [3.05, 3.63) is 0 Å². The van der Waals surface area contributed by atoms with Crippen molar-refractivity contribution in [1.29, 1.82) is 0 Å². The lowest BCUT2D eigenvalue weighted by molar-refractivity contribution is -0.128. The van der Waals surface area contributed by atoms with Gasteiger partial charge in [0.2, 0.25) is 11.8 Å². The van der Waals surface area contributed by atoms with E-state index in [0.29, 0.717) is 6.54 Å². The standard InChI is InChI=1S/C17H30N2O4/c1-12(21)19-15-8-7-14(23-16(15)11-20)9-10-18-17(22)13-5-3-2-4-6-13/h13-16,20H,2-11H2,1H3,(H,18,22)(H,19,21)/t14-,15+,16+/m0/s1. The molecule has 2 fully saturated rings. The summed E-state index contributed by atoms with van der Waals surface area (Å²) in [6, 6.07) is -0.120. The molecular weight excluding hydrogens is 296 g/mol. The van der Waals surface area contributed by atoms with Crippen LogP contribution in [0.15, 0.2) is 0 Å². The number of carbonyl (C=O) groups excluding carboxylic acids is 2. The predicted octanol–water partition coefficient (Wildman–Crippen LogP) is 1.12. The number of aliphatic hydroxyl groups is 1. The molecule has 3 atom stereocenters. The highest BCUT2D eigenvalue weighted by Gasteiger charge is 2.31. The number of hydrogen-bond acceptors (Lipinski definition) is 4. The van der Waals surface area contributed by atoms with Crippen molar-refractivity contribution in [3.8, 4) is 0 Å². The molecule has 1 saturated heterocycles. The summed E-state index contributed by atoms with van der Waals surface area (Å²) in [6.07, 6.45) is 7.65. The highest BCUT2D eigenvalue weighted by atomic mass is 16.5. The Labute approximate surface area is 138 Å². The molecule has 6 nitrogen and oxygen atoms in total. The number of aliphatic hydroxyl groups excluding tert-OH is 1. The lowest BCUT2D eigenvalue weighted by Crippen LogP contribution is -2.50. The molecule has 23 heavy (non-hydrogen) atoms. The van der Waals surface area contributed by atoms with E-state index in [1.807, 2.05) is 0 Å². The van der Waals surface area contributed by atoms with Crippen LogP contribution in [0.2, 0.25) is 0 Å². The molecule has 0 aromatic carbocycles. The fraction of sp³-hybridized carbons (Fsp3) is 0.882. The van der Waals surface area contributed by atoms with Crippen LogP contribution in [0.25, 0.3) is 0 Å². The third kappa shape index (κ3) is 5.77. The second kappa shape index (κ2) is 9.23. The molecule has 1 saturated carbocycles. The van der Waals surface area contributed by atoms with Crippen molar-refractivity contribution in [3.63, 3.8) is 0 Å². The van der Waals surface area contributed by atoms with E-state index in [1.54, 1.807) is 0 Å². The van der Waals surface area contributed by atoms with Crippen molar-refractivity contribution in [2.75, 3.05) is 13.2 Å². The summed E-state index contributed by atoms with van der Waals surface area (Å²) >= 11 is 0. The maximum absolute atomic E-state index is 12.1. The zero-order valence-corrected chi connectivity index (χ0v) is 14.1. The van der Waals surface area contributed by atoms with E-state index in [0.717, 1.165) is 44.9 Å². The summed E-state index contributed by atoms with van der Waals surface area (Å²) in [5.74, 6) is 0.260. The third-order valence-corrected chi connectivity index (χ3v) is 4.93. The van der Waals surface area contributed by atoms with E-state index < -0.39 is 0 Å². The van der Waals surface area contributed by atoms with Gasteiger partial charge < -0.3 is 20.5 Å². The Hall–Kier alpha value is -1.14. The van der Waals surface area contributed by atoms with Crippen molar-refractivity contribution in [2.24, 2.45) is 5.92 Å². The first kappa shape index (κ1) is 18.2. The first-order chi connectivity index (χ1) is 11.1. The van der Waals surface area contributed by atoms with E-state index in [1.165, 1.54) is 13.3 Å². The van der Waals surface area contributed by atoms with Gasteiger partial charge in [0.25, 0.3) is 0 Å². The second-order valence-corrected chi connectivity index (χ2v) is 6.78. The zero-order valence-electron chi connectivity index (χ0n) is 14.1. The molecule has 0 bridgehead atoms. The van der Waals surface area contributed by atoms with E-state index in [9.17, 15) is 14.7 Å². The molecule has 2 rings (SSSR count). The molecule has 1 aliphatic carbocycles. The molecule has 0 aromatic heterocycles. The molecule has 2 aliphatic rings. The fourth-order valence-electron chi connectivity index (χ4n) is 3.64. The van der Waals surface area contributed by atoms with Crippen LogP contribution in [0.5, 0.6) is 0 Å². The molecule has 0 aromatic rings.